The molecule has 1 amide bonds. The van der Waals surface area contributed by atoms with Gasteiger partial charge in [0.1, 0.15) is 0 Å². The predicted molar refractivity (Wildman–Crippen MR) is 143 cm³/mol. The Morgan fingerprint density at radius 1 is 0.946 bits per heavy atom. The lowest BCUT2D eigenvalue weighted by atomic mass is 10.0. The number of carbonyl (C=O) groups excluding carboxylic acids is 1. The van der Waals surface area contributed by atoms with Gasteiger partial charge in [-0.25, -0.2) is 9.97 Å². The first-order valence-corrected chi connectivity index (χ1v) is 12.5. The third-order valence-electron chi connectivity index (χ3n) is 6.63. The Kier molecular flexibility index (Phi) is 7.23. The van der Waals surface area contributed by atoms with Crippen LogP contribution in [0.5, 0.6) is 0 Å². The maximum atomic E-state index is 12.4. The zero-order valence-corrected chi connectivity index (χ0v) is 21.5. The number of hydrogen-bond donors (Lipinski definition) is 0. The van der Waals surface area contributed by atoms with E-state index in [1.807, 2.05) is 84.8 Å². The van der Waals surface area contributed by atoms with E-state index >= 15 is 0 Å². The summed E-state index contributed by atoms with van der Waals surface area (Å²) in [7, 11) is 5.89. The lowest BCUT2D eigenvalue weighted by Crippen LogP contribution is -2.38. The Morgan fingerprint density at radius 2 is 1.65 bits per heavy atom. The Morgan fingerprint density at radius 3 is 2.35 bits per heavy atom. The van der Waals surface area contributed by atoms with Crippen LogP contribution in [0.3, 0.4) is 0 Å². The van der Waals surface area contributed by atoms with E-state index in [2.05, 4.69) is 38.5 Å². The maximum absolute atomic E-state index is 12.4. The number of carbonyl (C=O) groups is 1. The largest absolute Gasteiger partial charge is 0.339 e. The lowest BCUT2D eigenvalue weighted by Gasteiger charge is -2.31. The van der Waals surface area contributed by atoms with Gasteiger partial charge in [-0.1, -0.05) is 24.3 Å². The average molecular weight is 497 g/mol. The van der Waals surface area contributed by atoms with Crippen LogP contribution in [0.1, 0.15) is 18.9 Å². The van der Waals surface area contributed by atoms with E-state index in [0.717, 1.165) is 60.3 Å². The van der Waals surface area contributed by atoms with Crippen LogP contribution in [0.25, 0.3) is 33.6 Å². The molecule has 0 bridgehead atoms. The van der Waals surface area contributed by atoms with Gasteiger partial charge in [0, 0.05) is 79.8 Å². The average Bonchev–Trinajstić information content (AvgIpc) is 3.58. The number of hydrogen-bond acceptors (Lipinski definition) is 6. The first kappa shape index (κ1) is 24.6. The quantitative estimate of drug-likeness (QED) is 0.363. The molecule has 0 radical (unpaired) electrons. The van der Waals surface area contributed by atoms with E-state index in [1.165, 1.54) is 0 Å². The van der Waals surface area contributed by atoms with Gasteiger partial charge >= 0.3 is 0 Å². The summed E-state index contributed by atoms with van der Waals surface area (Å²) >= 11 is 0. The van der Waals surface area contributed by atoms with Crippen molar-refractivity contribution in [3.63, 3.8) is 0 Å². The fourth-order valence-electron chi connectivity index (χ4n) is 4.54. The normalized spacial score (nSPS) is 14.6. The first-order chi connectivity index (χ1) is 18.0. The summed E-state index contributed by atoms with van der Waals surface area (Å²) in [6.45, 7) is 2.24. The van der Waals surface area contributed by atoms with Crippen LogP contribution in [0.4, 0.5) is 0 Å². The molecule has 0 unspecified atom stereocenters. The summed E-state index contributed by atoms with van der Waals surface area (Å²) in [5.41, 5.74) is 5.01. The number of amides is 1. The van der Waals surface area contributed by atoms with Crippen LogP contribution in [0.2, 0.25) is 0 Å². The lowest BCUT2D eigenvalue weighted by molar-refractivity contribution is -0.127. The van der Waals surface area contributed by atoms with Crippen molar-refractivity contribution in [2.45, 2.75) is 18.9 Å². The van der Waals surface area contributed by atoms with Crippen LogP contribution in [0, 0.1) is 0 Å². The third-order valence-corrected chi connectivity index (χ3v) is 6.63. The molecule has 9 heteroatoms. The van der Waals surface area contributed by atoms with Gasteiger partial charge in [-0.3, -0.25) is 14.2 Å². The van der Waals surface area contributed by atoms with E-state index in [0.29, 0.717) is 5.82 Å². The number of aromatic nitrogens is 6. The predicted octanol–water partition coefficient (Wildman–Crippen LogP) is 3.69. The molecule has 1 aliphatic heterocycles. The van der Waals surface area contributed by atoms with E-state index in [-0.39, 0.29) is 11.9 Å². The van der Waals surface area contributed by atoms with Gasteiger partial charge < -0.3 is 9.80 Å². The van der Waals surface area contributed by atoms with Gasteiger partial charge in [0.2, 0.25) is 5.91 Å². The summed E-state index contributed by atoms with van der Waals surface area (Å²) < 4.78 is 3.81. The van der Waals surface area contributed by atoms with Gasteiger partial charge in [-0.15, -0.1) is 0 Å². The van der Waals surface area contributed by atoms with Crippen molar-refractivity contribution in [2.24, 2.45) is 7.05 Å². The van der Waals surface area contributed by atoms with E-state index in [9.17, 15) is 4.79 Å². The second-order valence-corrected chi connectivity index (χ2v) is 9.71. The van der Waals surface area contributed by atoms with Crippen LogP contribution >= 0.6 is 0 Å². The van der Waals surface area contributed by atoms with Crippen LogP contribution < -0.4 is 0 Å². The minimum atomic E-state index is 0.0877. The van der Waals surface area contributed by atoms with E-state index < -0.39 is 0 Å². The summed E-state index contributed by atoms with van der Waals surface area (Å²) in [6.07, 6.45) is 16.8. The molecule has 37 heavy (non-hydrogen) atoms. The second-order valence-electron chi connectivity index (χ2n) is 9.71. The molecule has 0 saturated carbocycles. The molecule has 3 aromatic heterocycles. The molecule has 0 atom stereocenters. The fraction of sp³-hybridized carbons (Fsp3) is 0.321. The monoisotopic (exact) mass is 496 g/mol. The topological polar surface area (TPSA) is 85.0 Å². The van der Waals surface area contributed by atoms with Gasteiger partial charge in [-0.05, 0) is 38.6 Å². The Hall–Kier alpha value is -4.11. The van der Waals surface area contributed by atoms with E-state index in [1.54, 1.807) is 10.8 Å². The highest BCUT2D eigenvalue weighted by Gasteiger charge is 2.23. The number of piperidine rings is 1. The van der Waals surface area contributed by atoms with Crippen molar-refractivity contribution in [1.29, 1.82) is 0 Å². The summed E-state index contributed by atoms with van der Waals surface area (Å²) in [6, 6.07) is 8.45. The molecule has 4 aromatic rings. The number of benzene rings is 1. The smallest absolute Gasteiger partial charge is 0.246 e. The molecule has 1 saturated heterocycles. The molecular formula is C28H32N8O. The van der Waals surface area contributed by atoms with Gasteiger partial charge in [0.25, 0.3) is 0 Å². The molecule has 1 aromatic carbocycles. The first-order valence-electron chi connectivity index (χ1n) is 12.5. The highest BCUT2D eigenvalue weighted by Crippen LogP contribution is 2.27. The molecule has 190 valence electrons. The molecule has 0 spiro atoms. The number of likely N-dealkylation sites (N-methyl/N-ethyl adjacent to an activating group) is 1. The summed E-state index contributed by atoms with van der Waals surface area (Å²) in [5, 5.41) is 8.87. The van der Waals surface area contributed by atoms with Crippen molar-refractivity contribution in [3.05, 3.63) is 73.6 Å². The Bertz CT molecular complexity index is 1380. The molecule has 9 nitrogen and oxygen atoms in total. The standard InChI is InChI=1S/C28H32N8O/c1-33(2)11-5-8-27(37)35-12-9-26(10-13-35)36-20-25(18-32-36)23-15-29-28(30-16-23)22-7-4-6-21(14-22)24-17-31-34(3)19-24/h4-8,14-20,26H,9-13H2,1-3H3. The Labute approximate surface area is 217 Å². The van der Waals surface area contributed by atoms with Gasteiger partial charge in [-0.2, -0.15) is 10.2 Å². The molecule has 0 aliphatic carbocycles. The van der Waals surface area contributed by atoms with Gasteiger partial charge in [0.05, 0.1) is 18.4 Å². The molecule has 1 fully saturated rings. The zero-order valence-electron chi connectivity index (χ0n) is 21.5. The number of likely N-dealkylation sites (tertiary alicyclic amines) is 1. The summed E-state index contributed by atoms with van der Waals surface area (Å²) in [4.78, 5) is 25.6. The highest BCUT2D eigenvalue weighted by molar-refractivity contribution is 5.87. The number of rotatable bonds is 7. The minimum absolute atomic E-state index is 0.0877. The minimum Gasteiger partial charge on any atom is -0.339 e. The highest BCUT2D eigenvalue weighted by atomic mass is 16.2. The van der Waals surface area contributed by atoms with Crippen molar-refractivity contribution in [3.8, 4) is 33.6 Å². The SMILES string of the molecule is CN(C)CC=CC(=O)N1CCC(n2cc(-c3cnc(-c4cccc(-c5cnn(C)c5)c4)nc3)cn2)CC1. The second kappa shape index (κ2) is 10.9. The van der Waals surface area contributed by atoms with Crippen LogP contribution in [-0.4, -0.2) is 79.0 Å². The zero-order chi connectivity index (χ0) is 25.8. The molecule has 0 N–H and O–H groups in total. The number of nitrogens with zero attached hydrogens (tertiary/aromatic N) is 8. The van der Waals surface area contributed by atoms with Gasteiger partial charge in [0.15, 0.2) is 5.82 Å². The molecular weight excluding hydrogens is 464 g/mol. The van der Waals surface area contributed by atoms with Crippen molar-refractivity contribution < 1.29 is 4.79 Å². The van der Waals surface area contributed by atoms with Crippen molar-refractivity contribution >= 4 is 5.91 Å². The fourth-order valence-corrected chi connectivity index (χ4v) is 4.54. The van der Waals surface area contributed by atoms with Crippen molar-refractivity contribution in [2.75, 3.05) is 33.7 Å². The molecule has 1 aliphatic rings. The van der Waals surface area contributed by atoms with Crippen LogP contribution in [-0.2, 0) is 11.8 Å². The summed E-state index contributed by atoms with van der Waals surface area (Å²) in [5.74, 6) is 0.767. The van der Waals surface area contributed by atoms with Crippen LogP contribution in [0.15, 0.2) is 73.6 Å². The Balaban J connectivity index is 1.22. The maximum Gasteiger partial charge on any atom is 0.246 e. The molecule has 4 heterocycles. The van der Waals surface area contributed by atoms with Crippen molar-refractivity contribution in [1.82, 2.24) is 39.3 Å². The third kappa shape index (κ3) is 5.83. The van der Waals surface area contributed by atoms with E-state index in [4.69, 9.17) is 0 Å². The number of aryl methyl sites for hydroxylation is 1. The molecule has 5 rings (SSSR count).